The van der Waals surface area contributed by atoms with Crippen LogP contribution >= 0.6 is 0 Å². The molecule has 0 radical (unpaired) electrons. The second kappa shape index (κ2) is 7.63. The van der Waals surface area contributed by atoms with Crippen molar-refractivity contribution in [3.8, 4) is 5.75 Å². The van der Waals surface area contributed by atoms with Crippen LogP contribution in [0.2, 0.25) is 0 Å². The molecule has 0 aliphatic heterocycles. The fourth-order valence-corrected chi connectivity index (χ4v) is 2.76. The third kappa shape index (κ3) is 4.72. The summed E-state index contributed by atoms with van der Waals surface area (Å²) in [6, 6.07) is 2.42. The molecular weight excluding hydrogens is 420 g/mol. The molecule has 0 unspecified atom stereocenters. The molecule has 3 rings (SSSR count). The smallest absolute Gasteiger partial charge is 0.403 e. The second-order valence-corrected chi connectivity index (χ2v) is 6.81. The maximum Gasteiger partial charge on any atom is 0.573 e. The lowest BCUT2D eigenvalue weighted by molar-refractivity contribution is -0.275. The highest BCUT2D eigenvalue weighted by Gasteiger charge is 2.34. The molecule has 13 heteroatoms. The lowest BCUT2D eigenvalue weighted by Gasteiger charge is -2.31. The van der Waals surface area contributed by atoms with Crippen molar-refractivity contribution >= 4 is 11.6 Å². The normalized spacial score (nSPS) is 13.7. The van der Waals surface area contributed by atoms with E-state index in [0.29, 0.717) is 0 Å². The molecule has 0 saturated heterocycles. The van der Waals surface area contributed by atoms with Crippen LogP contribution in [0, 0.1) is 5.82 Å². The molecule has 0 amide bonds. The molecule has 2 N–H and O–H groups in total. The van der Waals surface area contributed by atoms with E-state index in [-0.39, 0.29) is 17.2 Å². The SMILES string of the molecule is CC(C)(O)[C@@H](Nc1cc(C(F)F)nc2ncnn12)c1ccc(OC(F)(F)F)c(F)c1. The summed E-state index contributed by atoms with van der Waals surface area (Å²) in [6.45, 7) is 2.69. The van der Waals surface area contributed by atoms with Gasteiger partial charge >= 0.3 is 6.36 Å². The number of hydrogen-bond acceptors (Lipinski definition) is 6. The quantitative estimate of drug-likeness (QED) is 0.569. The second-order valence-electron chi connectivity index (χ2n) is 6.81. The zero-order valence-corrected chi connectivity index (χ0v) is 15.5. The fraction of sp³-hybridized carbons (Fsp3) is 0.353. The van der Waals surface area contributed by atoms with E-state index in [0.717, 1.165) is 35.1 Å². The first kappa shape index (κ1) is 21.6. The molecule has 2 heterocycles. The molecule has 0 fully saturated rings. The molecule has 1 aromatic carbocycles. The number of alkyl halides is 5. The van der Waals surface area contributed by atoms with E-state index >= 15 is 0 Å². The van der Waals surface area contributed by atoms with Gasteiger partial charge in [-0.15, -0.1) is 13.2 Å². The Morgan fingerprint density at radius 1 is 1.17 bits per heavy atom. The highest BCUT2D eigenvalue weighted by Crippen LogP contribution is 2.34. The Balaban J connectivity index is 2.02. The summed E-state index contributed by atoms with van der Waals surface area (Å²) in [6.07, 6.45) is -6.94. The van der Waals surface area contributed by atoms with Crippen molar-refractivity contribution in [1.82, 2.24) is 19.6 Å². The summed E-state index contributed by atoms with van der Waals surface area (Å²) >= 11 is 0. The molecule has 3 aromatic rings. The van der Waals surface area contributed by atoms with Crippen molar-refractivity contribution in [3.05, 3.63) is 47.7 Å². The van der Waals surface area contributed by atoms with Gasteiger partial charge in [-0.3, -0.25) is 0 Å². The van der Waals surface area contributed by atoms with Crippen LogP contribution in [0.3, 0.4) is 0 Å². The molecule has 0 bridgehead atoms. The van der Waals surface area contributed by atoms with Gasteiger partial charge < -0.3 is 15.2 Å². The topological polar surface area (TPSA) is 84.6 Å². The van der Waals surface area contributed by atoms with Gasteiger partial charge in [0.15, 0.2) is 11.6 Å². The van der Waals surface area contributed by atoms with Crippen molar-refractivity contribution in [2.75, 3.05) is 5.32 Å². The van der Waals surface area contributed by atoms with Crippen LogP contribution in [0.25, 0.3) is 5.78 Å². The van der Waals surface area contributed by atoms with Crippen LogP contribution in [0.1, 0.15) is 37.6 Å². The van der Waals surface area contributed by atoms with Gasteiger partial charge in [0.2, 0.25) is 0 Å². The van der Waals surface area contributed by atoms with Crippen molar-refractivity contribution in [1.29, 1.82) is 0 Å². The van der Waals surface area contributed by atoms with Crippen LogP contribution in [0.4, 0.5) is 32.2 Å². The number of benzene rings is 1. The Hall–Kier alpha value is -3.09. The summed E-state index contributed by atoms with van der Waals surface area (Å²) in [5, 5.41) is 17.2. The summed E-state index contributed by atoms with van der Waals surface area (Å²) < 4.78 is 82.2. The number of ether oxygens (including phenoxy) is 1. The van der Waals surface area contributed by atoms with Crippen LogP contribution in [0.15, 0.2) is 30.6 Å². The average Bonchev–Trinajstić information content (AvgIpc) is 3.08. The predicted molar refractivity (Wildman–Crippen MR) is 91.5 cm³/mol. The number of hydrogen-bond donors (Lipinski definition) is 2. The zero-order chi connectivity index (χ0) is 22.3. The molecule has 0 spiro atoms. The number of nitrogens with zero attached hydrogens (tertiary/aromatic N) is 4. The van der Waals surface area contributed by atoms with E-state index in [4.69, 9.17) is 0 Å². The first-order chi connectivity index (χ1) is 13.8. The average molecular weight is 435 g/mol. The van der Waals surface area contributed by atoms with E-state index in [1.807, 2.05) is 0 Å². The van der Waals surface area contributed by atoms with Crippen molar-refractivity contribution in [2.45, 2.75) is 38.3 Å². The summed E-state index contributed by atoms with van der Waals surface area (Å²) in [7, 11) is 0. The van der Waals surface area contributed by atoms with E-state index in [1.54, 1.807) is 0 Å². The molecular formula is C17H15F6N5O2. The van der Waals surface area contributed by atoms with Crippen molar-refractivity contribution < 1.29 is 36.2 Å². The number of aliphatic hydroxyl groups is 1. The monoisotopic (exact) mass is 435 g/mol. The van der Waals surface area contributed by atoms with Crippen molar-refractivity contribution in [3.63, 3.8) is 0 Å². The van der Waals surface area contributed by atoms with Crippen molar-refractivity contribution in [2.24, 2.45) is 0 Å². The molecule has 1 atom stereocenters. The standard InChI is InChI=1S/C17H15F6N5O2/c1-16(2,29)13(8-3-4-11(9(18)5-8)30-17(21,22)23)27-12-6-10(14(19)20)26-15-24-7-25-28(12)15/h3-7,13-14,27,29H,1-2H3/t13-/m0/s1. The number of anilines is 1. The zero-order valence-electron chi connectivity index (χ0n) is 15.5. The molecule has 162 valence electrons. The molecule has 0 aliphatic rings. The first-order valence-electron chi connectivity index (χ1n) is 8.38. The third-order valence-electron chi connectivity index (χ3n) is 4.01. The third-order valence-corrected chi connectivity index (χ3v) is 4.01. The van der Waals surface area contributed by atoms with E-state index < -0.39 is 41.7 Å². The maximum absolute atomic E-state index is 14.2. The first-order valence-corrected chi connectivity index (χ1v) is 8.38. The Kier molecular flexibility index (Phi) is 5.50. The predicted octanol–water partition coefficient (Wildman–Crippen LogP) is 4.02. The largest absolute Gasteiger partial charge is 0.573 e. The van der Waals surface area contributed by atoms with Crippen LogP contribution in [-0.4, -0.2) is 36.7 Å². The van der Waals surface area contributed by atoms with Gasteiger partial charge in [0, 0.05) is 6.07 Å². The molecule has 0 saturated carbocycles. The minimum absolute atomic E-state index is 0.0261. The van der Waals surface area contributed by atoms with Gasteiger partial charge in [-0.05, 0) is 31.5 Å². The molecule has 0 aliphatic carbocycles. The Morgan fingerprint density at radius 2 is 1.87 bits per heavy atom. The summed E-state index contributed by atoms with van der Waals surface area (Å²) in [5.74, 6) is -2.57. The Bertz CT molecular complexity index is 1050. The van der Waals surface area contributed by atoms with Gasteiger partial charge in [-0.1, -0.05) is 6.07 Å². The fourth-order valence-electron chi connectivity index (χ4n) is 2.76. The highest BCUT2D eigenvalue weighted by molar-refractivity contribution is 5.48. The van der Waals surface area contributed by atoms with Gasteiger partial charge in [-0.25, -0.2) is 18.2 Å². The number of fused-ring (bicyclic) bond motifs is 1. The number of halogens is 6. The van der Waals surface area contributed by atoms with Crippen LogP contribution in [0.5, 0.6) is 5.75 Å². The minimum Gasteiger partial charge on any atom is -0.403 e. The lowest BCUT2D eigenvalue weighted by Crippen LogP contribution is -2.35. The molecule has 2 aromatic heterocycles. The lowest BCUT2D eigenvalue weighted by atomic mass is 9.91. The van der Waals surface area contributed by atoms with Crippen LogP contribution in [-0.2, 0) is 0 Å². The van der Waals surface area contributed by atoms with E-state index in [9.17, 15) is 31.4 Å². The van der Waals surface area contributed by atoms with E-state index in [1.165, 1.54) is 13.8 Å². The summed E-state index contributed by atoms with van der Waals surface area (Å²) in [4.78, 5) is 7.40. The van der Waals surface area contributed by atoms with Crippen LogP contribution < -0.4 is 10.1 Å². The minimum atomic E-state index is -5.09. The number of rotatable bonds is 6. The number of nitrogens with one attached hydrogen (secondary N) is 1. The van der Waals surface area contributed by atoms with Gasteiger partial charge in [0.25, 0.3) is 12.2 Å². The summed E-state index contributed by atoms with van der Waals surface area (Å²) in [5.41, 5.74) is -2.20. The number of aromatic nitrogens is 4. The Labute approximate surface area is 165 Å². The van der Waals surface area contributed by atoms with E-state index in [2.05, 4.69) is 25.1 Å². The van der Waals surface area contributed by atoms with Gasteiger partial charge in [-0.2, -0.15) is 14.6 Å². The maximum atomic E-state index is 14.2. The Morgan fingerprint density at radius 3 is 2.43 bits per heavy atom. The van der Waals surface area contributed by atoms with Gasteiger partial charge in [0.1, 0.15) is 17.8 Å². The highest BCUT2D eigenvalue weighted by atomic mass is 19.4. The van der Waals surface area contributed by atoms with Gasteiger partial charge in [0.05, 0.1) is 11.6 Å². The molecule has 7 nitrogen and oxygen atoms in total. The molecule has 30 heavy (non-hydrogen) atoms.